The van der Waals surface area contributed by atoms with Gasteiger partial charge in [0.25, 0.3) is 5.91 Å². The summed E-state index contributed by atoms with van der Waals surface area (Å²) in [6.45, 7) is 4.48. The van der Waals surface area contributed by atoms with Gasteiger partial charge in [0, 0.05) is 25.0 Å². The van der Waals surface area contributed by atoms with Gasteiger partial charge in [-0.15, -0.1) is 0 Å². The van der Waals surface area contributed by atoms with Crippen molar-refractivity contribution in [3.05, 3.63) is 95.0 Å². The Kier molecular flexibility index (Phi) is 14.7. The van der Waals surface area contributed by atoms with Gasteiger partial charge < -0.3 is 35.6 Å². The van der Waals surface area contributed by atoms with Crippen LogP contribution in [0.25, 0.3) is 0 Å². The van der Waals surface area contributed by atoms with Crippen LogP contribution in [0.4, 0.5) is 0 Å². The molecular weight excluding hydrogens is 674 g/mol. The second kappa shape index (κ2) is 19.3. The summed E-state index contributed by atoms with van der Waals surface area (Å²) in [7, 11) is 1.49. The van der Waals surface area contributed by atoms with E-state index in [9.17, 15) is 24.0 Å². The number of benzene rings is 3. The topological polar surface area (TPSA) is 155 Å². The predicted octanol–water partition coefficient (Wildman–Crippen LogP) is 3.52. The normalized spacial score (nSPS) is 19.4. The minimum Gasteiger partial charge on any atom is -0.493 e. The third-order valence-electron chi connectivity index (χ3n) is 8.27. The first-order valence-electron chi connectivity index (χ1n) is 17.1. The van der Waals surface area contributed by atoms with Gasteiger partial charge in [0.15, 0.2) is 0 Å². The number of fused-ring (bicyclic) bond motifs is 1. The van der Waals surface area contributed by atoms with Gasteiger partial charge in [-0.05, 0) is 60.7 Å². The first-order valence-corrected chi connectivity index (χ1v) is 17.5. The number of halogens is 1. The van der Waals surface area contributed by atoms with Gasteiger partial charge in [-0.25, -0.2) is 0 Å². The summed E-state index contributed by atoms with van der Waals surface area (Å²) < 4.78 is 11.6. The van der Waals surface area contributed by atoms with Crippen LogP contribution in [0.3, 0.4) is 0 Å². The van der Waals surface area contributed by atoms with Gasteiger partial charge in [0.05, 0.1) is 25.1 Å². The van der Waals surface area contributed by atoms with E-state index in [0.717, 1.165) is 5.56 Å². The molecule has 0 saturated heterocycles. The number of hydrogen-bond acceptors (Lipinski definition) is 7. The fraction of sp³-hybridized carbons (Fsp3) is 0.395. The lowest BCUT2D eigenvalue weighted by Crippen LogP contribution is -2.56. The molecule has 1 heterocycles. The fourth-order valence-electron chi connectivity index (χ4n) is 5.52. The Labute approximate surface area is 303 Å². The molecule has 272 valence electrons. The zero-order valence-electron chi connectivity index (χ0n) is 29.2. The summed E-state index contributed by atoms with van der Waals surface area (Å²) in [5.41, 5.74) is 1.03. The second-order valence-electron chi connectivity index (χ2n) is 12.7. The predicted molar refractivity (Wildman–Crippen MR) is 193 cm³/mol. The van der Waals surface area contributed by atoms with E-state index in [0.29, 0.717) is 23.6 Å². The van der Waals surface area contributed by atoms with Crippen LogP contribution in [-0.2, 0) is 25.6 Å². The molecule has 12 nitrogen and oxygen atoms in total. The molecule has 0 bridgehead atoms. The van der Waals surface area contributed by atoms with Crippen molar-refractivity contribution in [2.24, 2.45) is 5.92 Å². The number of amides is 5. The van der Waals surface area contributed by atoms with Crippen molar-refractivity contribution in [2.75, 3.05) is 33.4 Å². The maximum Gasteiger partial charge on any atom is 0.255 e. The van der Waals surface area contributed by atoms with Crippen molar-refractivity contribution in [2.45, 2.75) is 57.7 Å². The quantitative estimate of drug-likeness (QED) is 0.247. The summed E-state index contributed by atoms with van der Waals surface area (Å²) in [4.78, 5) is 69.6. The molecule has 0 unspecified atom stereocenters. The van der Waals surface area contributed by atoms with Gasteiger partial charge in [0.1, 0.15) is 36.2 Å². The third-order valence-corrected chi connectivity index (χ3v) is 8.52. The lowest BCUT2D eigenvalue weighted by molar-refractivity contribution is -0.141. The van der Waals surface area contributed by atoms with E-state index in [2.05, 4.69) is 21.3 Å². The van der Waals surface area contributed by atoms with Crippen LogP contribution in [0, 0.1) is 5.92 Å². The smallest absolute Gasteiger partial charge is 0.255 e. The molecule has 51 heavy (non-hydrogen) atoms. The fourth-order valence-corrected chi connectivity index (χ4v) is 5.64. The van der Waals surface area contributed by atoms with Crippen molar-refractivity contribution in [1.82, 2.24) is 26.2 Å². The zero-order valence-corrected chi connectivity index (χ0v) is 29.9. The molecule has 0 radical (unpaired) electrons. The zero-order chi connectivity index (χ0) is 36.8. The number of likely N-dealkylation sites (N-methyl/N-ethyl adjacent to an activating group) is 1. The average Bonchev–Trinajstić information content (AvgIpc) is 3.12. The van der Waals surface area contributed by atoms with Crippen LogP contribution in [-0.4, -0.2) is 85.9 Å². The standard InChI is InChI=1S/C38H46ClN5O7/c1-25(2)22-32-38(49)43-30(23-26-10-5-4-6-11-26)36(47)40-18-9-20-51-33-13-8-7-12-29(33)35(46)42-31(24-34(45)44(32)3)37(48)41-19-21-50-28-16-14-27(39)15-17-28/h4-8,10-17,25,30-32H,9,18-24H2,1-3H3,(H,40,47)(H,41,48)(H,42,46)(H,43,49)/t30-,31-,32-/m0/s1. The number of hydrogen-bond donors (Lipinski definition) is 4. The molecule has 3 aromatic rings. The van der Waals surface area contributed by atoms with Crippen LogP contribution in [0.15, 0.2) is 78.9 Å². The number of rotatable bonds is 9. The first-order chi connectivity index (χ1) is 24.5. The van der Waals surface area contributed by atoms with E-state index in [-0.39, 0.29) is 55.9 Å². The molecule has 0 fully saturated rings. The molecular formula is C38H46ClN5O7. The highest BCUT2D eigenvalue weighted by atomic mass is 35.5. The largest absolute Gasteiger partial charge is 0.493 e. The molecule has 0 aromatic heterocycles. The first kappa shape index (κ1) is 38.7. The monoisotopic (exact) mass is 719 g/mol. The maximum absolute atomic E-state index is 13.9. The van der Waals surface area contributed by atoms with Crippen LogP contribution >= 0.6 is 11.6 Å². The molecule has 0 spiro atoms. The molecule has 1 aliphatic heterocycles. The van der Waals surface area contributed by atoms with Crippen LogP contribution < -0.4 is 30.7 Å². The minimum absolute atomic E-state index is 0.00574. The summed E-state index contributed by atoms with van der Waals surface area (Å²) in [6.07, 6.45) is 0.517. The van der Waals surface area contributed by atoms with E-state index in [4.69, 9.17) is 21.1 Å². The summed E-state index contributed by atoms with van der Waals surface area (Å²) in [6, 6.07) is 19.5. The Morgan fingerprint density at radius 1 is 0.961 bits per heavy atom. The Morgan fingerprint density at radius 2 is 1.67 bits per heavy atom. The third kappa shape index (κ3) is 12.0. The van der Waals surface area contributed by atoms with Crippen molar-refractivity contribution >= 4 is 41.1 Å². The Hall–Kier alpha value is -5.10. The van der Waals surface area contributed by atoms with Crippen molar-refractivity contribution in [3.63, 3.8) is 0 Å². The number of nitrogens with zero attached hydrogens (tertiary/aromatic N) is 1. The van der Waals surface area contributed by atoms with Crippen molar-refractivity contribution in [3.8, 4) is 11.5 Å². The van der Waals surface area contributed by atoms with Gasteiger partial charge in [0.2, 0.25) is 23.6 Å². The van der Waals surface area contributed by atoms with E-state index in [1.165, 1.54) is 11.9 Å². The average molecular weight is 720 g/mol. The van der Waals surface area contributed by atoms with Gasteiger partial charge in [-0.3, -0.25) is 24.0 Å². The van der Waals surface area contributed by atoms with Crippen molar-refractivity contribution < 1.29 is 33.4 Å². The lowest BCUT2D eigenvalue weighted by atomic mass is 9.99. The molecule has 5 amide bonds. The molecule has 0 aliphatic carbocycles. The Balaban J connectivity index is 1.59. The number of para-hydroxylation sites is 1. The molecule has 4 rings (SSSR count). The second-order valence-corrected chi connectivity index (χ2v) is 13.2. The van der Waals surface area contributed by atoms with Crippen LogP contribution in [0.2, 0.25) is 5.02 Å². The van der Waals surface area contributed by atoms with Gasteiger partial charge in [-0.2, -0.15) is 0 Å². The van der Waals surface area contributed by atoms with Gasteiger partial charge >= 0.3 is 0 Å². The highest BCUT2D eigenvalue weighted by Gasteiger charge is 2.34. The highest BCUT2D eigenvalue weighted by Crippen LogP contribution is 2.20. The maximum atomic E-state index is 13.9. The SMILES string of the molecule is CC(C)C[C@H]1C(=O)N[C@@H](Cc2ccccc2)C(=O)NCCCOc2ccccc2C(=O)N[C@H](C(=O)NCCOc2ccc(Cl)cc2)CC(=O)N1C. The van der Waals surface area contributed by atoms with Crippen molar-refractivity contribution in [1.29, 1.82) is 0 Å². The van der Waals surface area contributed by atoms with E-state index in [1.807, 2.05) is 44.2 Å². The van der Waals surface area contributed by atoms with E-state index in [1.54, 1.807) is 48.5 Å². The van der Waals surface area contributed by atoms with E-state index >= 15 is 0 Å². The summed E-state index contributed by atoms with van der Waals surface area (Å²) >= 11 is 5.94. The Morgan fingerprint density at radius 3 is 2.39 bits per heavy atom. The number of carbonyl (C=O) groups is 5. The number of ether oxygens (including phenoxy) is 2. The molecule has 1 aliphatic rings. The molecule has 3 aromatic carbocycles. The number of carbonyl (C=O) groups excluding carboxylic acids is 5. The summed E-state index contributed by atoms with van der Waals surface area (Å²) in [5.74, 6) is -1.80. The van der Waals surface area contributed by atoms with E-state index < -0.39 is 48.2 Å². The summed E-state index contributed by atoms with van der Waals surface area (Å²) in [5, 5.41) is 11.8. The number of nitrogens with one attached hydrogen (secondary N) is 4. The lowest BCUT2D eigenvalue weighted by Gasteiger charge is -2.31. The van der Waals surface area contributed by atoms with Crippen LogP contribution in [0.1, 0.15) is 49.0 Å². The molecule has 13 heteroatoms. The van der Waals surface area contributed by atoms with Crippen LogP contribution in [0.5, 0.6) is 11.5 Å². The highest BCUT2D eigenvalue weighted by molar-refractivity contribution is 6.30. The molecule has 3 atom stereocenters. The Bertz CT molecular complexity index is 1640. The molecule has 0 saturated carbocycles. The minimum atomic E-state index is -1.30. The van der Waals surface area contributed by atoms with Gasteiger partial charge in [-0.1, -0.05) is 67.9 Å². The molecule has 4 N–H and O–H groups in total.